The number of nitriles is 1. The third-order valence-electron chi connectivity index (χ3n) is 7.48. The van der Waals surface area contributed by atoms with Gasteiger partial charge in [0.1, 0.15) is 5.65 Å². The first kappa shape index (κ1) is 24.8. The second kappa shape index (κ2) is 9.55. The van der Waals surface area contributed by atoms with Gasteiger partial charge in [-0.15, -0.1) is 0 Å². The van der Waals surface area contributed by atoms with Crippen LogP contribution >= 0.6 is 0 Å². The summed E-state index contributed by atoms with van der Waals surface area (Å²) in [7, 11) is 1.66. The summed E-state index contributed by atoms with van der Waals surface area (Å²) in [5, 5.41) is 18.3. The molecule has 194 valence electrons. The van der Waals surface area contributed by atoms with Crippen LogP contribution in [0.5, 0.6) is 0 Å². The summed E-state index contributed by atoms with van der Waals surface area (Å²) < 4.78 is 18.9. The first-order valence-corrected chi connectivity index (χ1v) is 12.6. The van der Waals surface area contributed by atoms with Crippen LogP contribution in [-0.2, 0) is 13.5 Å². The minimum Gasteiger partial charge on any atom is -0.335 e. The van der Waals surface area contributed by atoms with E-state index >= 15 is 0 Å². The molecule has 37 heavy (non-hydrogen) atoms. The summed E-state index contributed by atoms with van der Waals surface area (Å²) in [4.78, 5) is 26.0. The van der Waals surface area contributed by atoms with E-state index in [1.807, 2.05) is 6.07 Å². The molecule has 5 heterocycles. The molecule has 0 bridgehead atoms. The van der Waals surface area contributed by atoms with Crippen LogP contribution in [-0.4, -0.2) is 63.8 Å². The maximum Gasteiger partial charge on any atom is 0.352 e. The Kier molecular flexibility index (Phi) is 6.41. The molecule has 0 radical (unpaired) electrons. The Bertz CT molecular complexity index is 1560. The van der Waals surface area contributed by atoms with E-state index in [-0.39, 0.29) is 30.2 Å². The van der Waals surface area contributed by atoms with Crippen LogP contribution < -0.4 is 10.6 Å². The van der Waals surface area contributed by atoms with Crippen molar-refractivity contribution in [1.29, 1.82) is 5.26 Å². The Balaban J connectivity index is 1.51. The molecule has 1 saturated heterocycles. The number of imidazole rings is 1. The predicted molar refractivity (Wildman–Crippen MR) is 136 cm³/mol. The van der Waals surface area contributed by atoms with Crippen LogP contribution in [0.4, 0.5) is 10.3 Å². The molecule has 0 N–H and O–H groups in total. The number of aromatic nitrogens is 7. The van der Waals surface area contributed by atoms with Crippen molar-refractivity contribution < 1.29 is 4.39 Å². The fraction of sp³-hybridized carbons (Fsp3) is 0.520. The molecule has 0 saturated carbocycles. The van der Waals surface area contributed by atoms with Gasteiger partial charge in [0.25, 0.3) is 0 Å². The molecule has 4 aromatic rings. The molecule has 1 aliphatic rings. The molecule has 1 unspecified atom stereocenters. The minimum absolute atomic E-state index is 0.0591. The monoisotopic (exact) mass is 506 g/mol. The van der Waals surface area contributed by atoms with Crippen molar-refractivity contribution in [2.45, 2.75) is 65.1 Å². The first-order valence-electron chi connectivity index (χ1n) is 12.6. The Morgan fingerprint density at radius 2 is 1.89 bits per heavy atom. The molecular weight excluding hydrogens is 475 g/mol. The van der Waals surface area contributed by atoms with E-state index < -0.39 is 5.95 Å². The number of nitrogens with zero attached hydrogens (tertiary/aromatic N) is 10. The van der Waals surface area contributed by atoms with Gasteiger partial charge in [0.05, 0.1) is 35.6 Å². The average Bonchev–Trinajstić information content (AvgIpc) is 3.45. The summed E-state index contributed by atoms with van der Waals surface area (Å²) in [5.74, 6) is 0.0542. The zero-order valence-electron chi connectivity index (χ0n) is 21.8. The predicted octanol–water partition coefficient (Wildman–Crippen LogP) is 2.42. The highest BCUT2D eigenvalue weighted by molar-refractivity contribution is 5.48. The maximum absolute atomic E-state index is 14.5. The summed E-state index contributed by atoms with van der Waals surface area (Å²) in [6.07, 6.45) is 1.85. The van der Waals surface area contributed by atoms with E-state index in [2.05, 4.69) is 56.8 Å². The lowest BCUT2D eigenvalue weighted by atomic mass is 9.99. The Morgan fingerprint density at radius 1 is 1.14 bits per heavy atom. The standard InChI is InChI=1S/C25H31FN10O/c1-6-18-14-34(24-29-25(37)32(5)22-12-17(10-11-27)30-36(22)24)19(7-2)13-33(18)16(4)20-8-9-21-28-15(3)23(26)35(21)31-20/h8-9,12,16,18-19H,6-7,10,13-14H2,1-5H3/t16?,18-,19+/m1/s1. The van der Waals surface area contributed by atoms with Gasteiger partial charge in [0.15, 0.2) is 5.65 Å². The molecule has 0 aliphatic carbocycles. The minimum atomic E-state index is -0.442. The van der Waals surface area contributed by atoms with Gasteiger partial charge in [0, 0.05) is 38.3 Å². The molecular formula is C25H31FN10O. The quantitative estimate of drug-likeness (QED) is 0.392. The van der Waals surface area contributed by atoms with Gasteiger partial charge in [-0.3, -0.25) is 9.47 Å². The highest BCUT2D eigenvalue weighted by Crippen LogP contribution is 2.31. The Morgan fingerprint density at radius 3 is 2.59 bits per heavy atom. The van der Waals surface area contributed by atoms with Gasteiger partial charge in [0.2, 0.25) is 11.9 Å². The molecule has 12 heteroatoms. The smallest absolute Gasteiger partial charge is 0.335 e. The number of rotatable bonds is 6. The van der Waals surface area contributed by atoms with Crippen LogP contribution in [0.3, 0.4) is 0 Å². The topological polar surface area (TPSA) is 113 Å². The number of hydrogen-bond acceptors (Lipinski definition) is 8. The molecule has 3 atom stereocenters. The fourth-order valence-electron chi connectivity index (χ4n) is 5.29. The molecule has 11 nitrogen and oxygen atoms in total. The van der Waals surface area contributed by atoms with Crippen molar-refractivity contribution in [2.24, 2.45) is 7.05 Å². The highest BCUT2D eigenvalue weighted by Gasteiger charge is 2.37. The van der Waals surface area contributed by atoms with Crippen LogP contribution in [0.25, 0.3) is 11.3 Å². The van der Waals surface area contributed by atoms with Gasteiger partial charge in [-0.05, 0) is 38.8 Å². The van der Waals surface area contributed by atoms with Gasteiger partial charge in [-0.25, -0.2) is 9.78 Å². The van der Waals surface area contributed by atoms with Crippen molar-refractivity contribution in [1.82, 2.24) is 38.7 Å². The molecule has 0 aromatic carbocycles. The number of anilines is 1. The second-order valence-electron chi connectivity index (χ2n) is 9.66. The molecule has 1 aliphatic heterocycles. The van der Waals surface area contributed by atoms with Crippen LogP contribution in [0.1, 0.15) is 56.7 Å². The van der Waals surface area contributed by atoms with E-state index in [9.17, 15) is 9.18 Å². The third kappa shape index (κ3) is 4.13. The maximum atomic E-state index is 14.5. The van der Waals surface area contributed by atoms with Crippen LogP contribution in [0.15, 0.2) is 23.0 Å². The van der Waals surface area contributed by atoms with Crippen molar-refractivity contribution >= 4 is 17.2 Å². The van der Waals surface area contributed by atoms with Gasteiger partial charge < -0.3 is 4.90 Å². The molecule has 0 amide bonds. The van der Waals surface area contributed by atoms with Gasteiger partial charge in [-0.2, -0.15) is 33.9 Å². The fourth-order valence-corrected chi connectivity index (χ4v) is 5.29. The van der Waals surface area contributed by atoms with E-state index in [4.69, 9.17) is 5.26 Å². The number of piperazine rings is 1. The Labute approximate surface area is 213 Å². The van der Waals surface area contributed by atoms with Crippen molar-refractivity contribution in [3.05, 3.63) is 51.7 Å². The lowest BCUT2D eigenvalue weighted by Crippen LogP contribution is -2.59. The van der Waals surface area contributed by atoms with Crippen molar-refractivity contribution in [2.75, 3.05) is 18.0 Å². The van der Waals surface area contributed by atoms with E-state index in [1.165, 1.54) is 9.08 Å². The van der Waals surface area contributed by atoms with Crippen molar-refractivity contribution in [3.63, 3.8) is 0 Å². The summed E-state index contributed by atoms with van der Waals surface area (Å²) >= 11 is 0. The van der Waals surface area contributed by atoms with Crippen LogP contribution in [0, 0.1) is 24.2 Å². The number of hydrogen-bond donors (Lipinski definition) is 0. The zero-order valence-corrected chi connectivity index (χ0v) is 21.8. The Hall–Kier alpha value is -3.85. The molecule has 4 aromatic heterocycles. The zero-order chi connectivity index (χ0) is 26.4. The second-order valence-corrected chi connectivity index (χ2v) is 9.66. The van der Waals surface area contributed by atoms with Gasteiger partial charge in [-0.1, -0.05) is 13.8 Å². The third-order valence-corrected chi connectivity index (χ3v) is 7.48. The SMILES string of the molecule is CC[C@H]1CN(C(C)c2ccc3nc(C)c(F)n3n2)[C@H](CC)CN1c1nc(=O)n(C)c2cc(CC#N)nn12. The molecule has 0 spiro atoms. The lowest BCUT2D eigenvalue weighted by Gasteiger charge is -2.48. The summed E-state index contributed by atoms with van der Waals surface area (Å²) in [5.41, 5.74) is 2.43. The number of fused-ring (bicyclic) bond motifs is 2. The number of halogens is 1. The normalized spacial score (nSPS) is 19.5. The van der Waals surface area contributed by atoms with Crippen LogP contribution in [0.2, 0.25) is 0 Å². The lowest BCUT2D eigenvalue weighted by molar-refractivity contribution is 0.0972. The first-order chi connectivity index (χ1) is 17.8. The average molecular weight is 507 g/mol. The van der Waals surface area contributed by atoms with E-state index in [1.54, 1.807) is 30.6 Å². The molecule has 5 rings (SSSR count). The summed E-state index contributed by atoms with van der Waals surface area (Å²) in [6, 6.07) is 7.76. The van der Waals surface area contributed by atoms with E-state index in [0.29, 0.717) is 41.7 Å². The highest BCUT2D eigenvalue weighted by atomic mass is 19.1. The summed E-state index contributed by atoms with van der Waals surface area (Å²) in [6.45, 7) is 9.34. The molecule has 1 fully saturated rings. The van der Waals surface area contributed by atoms with Crippen molar-refractivity contribution in [3.8, 4) is 6.07 Å². The van der Waals surface area contributed by atoms with E-state index in [0.717, 1.165) is 18.5 Å². The largest absolute Gasteiger partial charge is 0.352 e. The number of aryl methyl sites for hydroxylation is 2. The van der Waals surface area contributed by atoms with Gasteiger partial charge >= 0.3 is 5.69 Å².